The van der Waals surface area contributed by atoms with Crippen molar-refractivity contribution in [1.82, 2.24) is 19.7 Å². The summed E-state index contributed by atoms with van der Waals surface area (Å²) in [7, 11) is 1.89. The molecule has 6 heteroatoms. The zero-order valence-electron chi connectivity index (χ0n) is 13.9. The van der Waals surface area contributed by atoms with Gasteiger partial charge < -0.3 is 10.2 Å². The van der Waals surface area contributed by atoms with E-state index < -0.39 is 0 Å². The van der Waals surface area contributed by atoms with Crippen LogP contribution in [-0.2, 0) is 13.5 Å². The van der Waals surface area contributed by atoms with Crippen molar-refractivity contribution in [3.63, 3.8) is 0 Å². The van der Waals surface area contributed by atoms with E-state index in [4.69, 9.17) is 4.98 Å². The summed E-state index contributed by atoms with van der Waals surface area (Å²) in [5.41, 5.74) is 3.96. The van der Waals surface area contributed by atoms with Gasteiger partial charge in [0.25, 0.3) is 0 Å². The van der Waals surface area contributed by atoms with Crippen LogP contribution in [0.25, 0.3) is 0 Å². The molecular formula is C18H20N6. The van der Waals surface area contributed by atoms with E-state index >= 15 is 0 Å². The van der Waals surface area contributed by atoms with Gasteiger partial charge >= 0.3 is 0 Å². The van der Waals surface area contributed by atoms with E-state index in [1.54, 1.807) is 17.1 Å². The van der Waals surface area contributed by atoms with Crippen LogP contribution in [0.3, 0.4) is 0 Å². The molecule has 24 heavy (non-hydrogen) atoms. The molecule has 0 bridgehead atoms. The van der Waals surface area contributed by atoms with Gasteiger partial charge in [-0.05, 0) is 37.0 Å². The summed E-state index contributed by atoms with van der Waals surface area (Å²) in [4.78, 5) is 11.3. The Morgan fingerprint density at radius 1 is 1.12 bits per heavy atom. The van der Waals surface area contributed by atoms with Crippen molar-refractivity contribution in [2.45, 2.75) is 19.8 Å². The van der Waals surface area contributed by atoms with Gasteiger partial charge in [-0.2, -0.15) is 10.1 Å². The number of rotatable bonds is 3. The fourth-order valence-electron chi connectivity index (χ4n) is 3.25. The molecule has 0 unspecified atom stereocenters. The van der Waals surface area contributed by atoms with Crippen LogP contribution in [0.5, 0.6) is 0 Å². The molecule has 6 nitrogen and oxygen atoms in total. The van der Waals surface area contributed by atoms with Gasteiger partial charge in [-0.15, -0.1) is 0 Å². The first-order valence-electron chi connectivity index (χ1n) is 8.16. The lowest BCUT2D eigenvalue weighted by atomic mass is 9.98. The first-order valence-corrected chi connectivity index (χ1v) is 8.16. The monoisotopic (exact) mass is 320 g/mol. The molecular weight excluding hydrogens is 300 g/mol. The fourth-order valence-corrected chi connectivity index (χ4v) is 3.25. The molecule has 122 valence electrons. The molecule has 1 aromatic carbocycles. The molecule has 3 aromatic rings. The fraction of sp³-hybridized carbons (Fsp3) is 0.278. The molecule has 0 saturated carbocycles. The predicted molar refractivity (Wildman–Crippen MR) is 95.0 cm³/mol. The highest BCUT2D eigenvalue weighted by Crippen LogP contribution is 2.35. The molecule has 0 aliphatic carbocycles. The zero-order valence-corrected chi connectivity index (χ0v) is 13.9. The normalized spacial score (nSPS) is 13.7. The van der Waals surface area contributed by atoms with Crippen LogP contribution in [0.4, 0.5) is 23.3 Å². The molecule has 0 atom stereocenters. The molecule has 0 radical (unpaired) electrons. The molecule has 1 aliphatic heterocycles. The topological polar surface area (TPSA) is 58.9 Å². The van der Waals surface area contributed by atoms with Crippen LogP contribution >= 0.6 is 0 Å². The first-order chi connectivity index (χ1) is 11.7. The number of aromatic nitrogens is 4. The predicted octanol–water partition coefficient (Wildman–Crippen LogP) is 3.35. The van der Waals surface area contributed by atoms with Crippen LogP contribution in [0.1, 0.15) is 17.5 Å². The third-order valence-corrected chi connectivity index (χ3v) is 4.40. The Balaban J connectivity index is 1.69. The minimum absolute atomic E-state index is 0.580. The number of nitrogens with one attached hydrogen (secondary N) is 1. The Morgan fingerprint density at radius 2 is 2.04 bits per heavy atom. The maximum atomic E-state index is 4.71. The number of fused-ring (bicyclic) bond motifs is 1. The largest absolute Gasteiger partial charge is 0.326 e. The quantitative estimate of drug-likeness (QED) is 0.802. The lowest BCUT2D eigenvalue weighted by molar-refractivity contribution is 0.755. The number of para-hydroxylation sites is 1. The minimum atomic E-state index is 0.580. The number of anilines is 4. The summed E-state index contributed by atoms with van der Waals surface area (Å²) in [6.45, 7) is 3.13. The number of aryl methyl sites for hydroxylation is 3. The van der Waals surface area contributed by atoms with E-state index in [-0.39, 0.29) is 0 Å². The van der Waals surface area contributed by atoms with Crippen molar-refractivity contribution in [3.8, 4) is 0 Å². The summed E-state index contributed by atoms with van der Waals surface area (Å²) in [5.74, 6) is 2.36. The van der Waals surface area contributed by atoms with Gasteiger partial charge in [0.2, 0.25) is 5.95 Å². The highest BCUT2D eigenvalue weighted by atomic mass is 15.3. The number of benzene rings is 1. The highest BCUT2D eigenvalue weighted by molar-refractivity contribution is 5.69. The number of nitrogens with zero attached hydrogens (tertiary/aromatic N) is 5. The lowest BCUT2D eigenvalue weighted by Crippen LogP contribution is -2.26. The standard InChI is InChI=1S/C18H20N6/c1-13-5-3-6-14-7-4-12-24(17(13)14)16-8-10-19-18(22-16)21-15-9-11-20-23(15)2/h3,5-6,8-11H,4,7,12H2,1-2H3,(H,19,21,22). The van der Waals surface area contributed by atoms with E-state index in [1.807, 2.05) is 19.2 Å². The smallest absolute Gasteiger partial charge is 0.230 e. The van der Waals surface area contributed by atoms with Gasteiger partial charge in [0.15, 0.2) is 0 Å². The number of hydrogen-bond acceptors (Lipinski definition) is 5. The van der Waals surface area contributed by atoms with Gasteiger partial charge in [-0.1, -0.05) is 18.2 Å². The Hall–Kier alpha value is -2.89. The summed E-state index contributed by atoms with van der Waals surface area (Å²) in [6.07, 6.45) is 5.80. The SMILES string of the molecule is Cc1cccc2c1N(c1ccnc(Nc3ccnn3C)n1)CCC2. The van der Waals surface area contributed by atoms with Crippen LogP contribution in [0.15, 0.2) is 42.7 Å². The Morgan fingerprint density at radius 3 is 2.88 bits per heavy atom. The average molecular weight is 320 g/mol. The van der Waals surface area contributed by atoms with E-state index in [9.17, 15) is 0 Å². The molecule has 4 rings (SSSR count). The molecule has 0 spiro atoms. The summed E-state index contributed by atoms with van der Waals surface area (Å²) in [6, 6.07) is 10.4. The maximum Gasteiger partial charge on any atom is 0.230 e. The summed E-state index contributed by atoms with van der Waals surface area (Å²) < 4.78 is 1.76. The highest BCUT2D eigenvalue weighted by Gasteiger charge is 2.21. The Labute approximate surface area is 141 Å². The van der Waals surface area contributed by atoms with E-state index in [0.717, 1.165) is 31.0 Å². The van der Waals surface area contributed by atoms with Gasteiger partial charge in [-0.25, -0.2) is 4.98 Å². The van der Waals surface area contributed by atoms with Crippen LogP contribution < -0.4 is 10.2 Å². The first kappa shape index (κ1) is 14.7. The Bertz CT molecular complexity index is 869. The Kier molecular flexibility index (Phi) is 3.65. The maximum absolute atomic E-state index is 4.71. The number of hydrogen-bond donors (Lipinski definition) is 1. The second-order valence-electron chi connectivity index (χ2n) is 6.04. The van der Waals surface area contributed by atoms with Crippen LogP contribution in [0, 0.1) is 6.92 Å². The van der Waals surface area contributed by atoms with E-state index in [1.165, 1.54) is 16.8 Å². The molecule has 1 N–H and O–H groups in total. The summed E-state index contributed by atoms with van der Waals surface area (Å²) >= 11 is 0. The van der Waals surface area contributed by atoms with Crippen molar-refractivity contribution in [1.29, 1.82) is 0 Å². The second-order valence-corrected chi connectivity index (χ2v) is 6.04. The molecule has 2 aromatic heterocycles. The summed E-state index contributed by atoms with van der Waals surface area (Å²) in [5, 5.41) is 7.38. The van der Waals surface area contributed by atoms with Crippen molar-refractivity contribution < 1.29 is 0 Å². The van der Waals surface area contributed by atoms with Gasteiger partial charge in [-0.3, -0.25) is 4.68 Å². The van der Waals surface area contributed by atoms with E-state index in [2.05, 4.69) is 45.4 Å². The second kappa shape index (κ2) is 5.96. The molecule has 1 aliphatic rings. The molecule has 3 heterocycles. The third-order valence-electron chi connectivity index (χ3n) is 4.40. The van der Waals surface area contributed by atoms with Crippen molar-refractivity contribution >= 4 is 23.3 Å². The van der Waals surface area contributed by atoms with Crippen molar-refractivity contribution in [3.05, 3.63) is 53.9 Å². The molecule has 0 amide bonds. The van der Waals surface area contributed by atoms with Gasteiger partial charge in [0.05, 0.1) is 6.20 Å². The molecule has 0 saturated heterocycles. The van der Waals surface area contributed by atoms with Crippen LogP contribution in [-0.4, -0.2) is 26.3 Å². The van der Waals surface area contributed by atoms with Crippen LogP contribution in [0.2, 0.25) is 0 Å². The van der Waals surface area contributed by atoms with Gasteiger partial charge in [0, 0.05) is 31.5 Å². The van der Waals surface area contributed by atoms with Crippen molar-refractivity contribution in [2.75, 3.05) is 16.8 Å². The lowest BCUT2D eigenvalue weighted by Gasteiger charge is -2.32. The zero-order chi connectivity index (χ0) is 16.5. The van der Waals surface area contributed by atoms with Gasteiger partial charge in [0.1, 0.15) is 11.6 Å². The molecule has 0 fully saturated rings. The minimum Gasteiger partial charge on any atom is -0.326 e. The van der Waals surface area contributed by atoms with E-state index in [0.29, 0.717) is 5.95 Å². The third kappa shape index (κ3) is 2.60. The average Bonchev–Trinajstić information content (AvgIpc) is 3.00. The van der Waals surface area contributed by atoms with Crippen molar-refractivity contribution in [2.24, 2.45) is 7.05 Å².